The van der Waals surface area contributed by atoms with Gasteiger partial charge in [0.2, 0.25) is 5.91 Å². The highest BCUT2D eigenvalue weighted by Crippen LogP contribution is 1.97. The Labute approximate surface area is 69.8 Å². The molecule has 0 saturated heterocycles. The van der Waals surface area contributed by atoms with Crippen molar-refractivity contribution in [2.24, 2.45) is 0 Å². The third-order valence-corrected chi connectivity index (χ3v) is 1.80. The topological polar surface area (TPSA) is 34.9 Å². The maximum Gasteiger partial charge on any atom is 0.241 e. The van der Waals surface area contributed by atoms with Crippen LogP contribution in [-0.2, 0) is 0 Å². The van der Waals surface area contributed by atoms with Crippen molar-refractivity contribution in [1.29, 1.82) is 0 Å². The van der Waals surface area contributed by atoms with Gasteiger partial charge in [-0.15, -0.1) is 0 Å². The van der Waals surface area contributed by atoms with E-state index in [9.17, 15) is 4.79 Å². The summed E-state index contributed by atoms with van der Waals surface area (Å²) in [6.45, 7) is 1.86. The lowest BCUT2D eigenvalue weighted by molar-refractivity contribution is 0.0941. The molecule has 60 valence electrons. The van der Waals surface area contributed by atoms with Crippen LogP contribution in [0.1, 0.15) is 10.5 Å². The molecule has 0 aliphatic rings. The number of rotatable bonds is 2. The van der Waals surface area contributed by atoms with Crippen LogP contribution in [0.2, 0.25) is 0 Å². The zero-order valence-corrected chi connectivity index (χ0v) is 7.39. The van der Waals surface area contributed by atoms with Crippen LogP contribution in [-0.4, -0.2) is 27.5 Å². The highest BCUT2D eigenvalue weighted by molar-refractivity contribution is 7.99. The summed E-state index contributed by atoms with van der Waals surface area (Å²) >= 11 is 1.52. The van der Waals surface area contributed by atoms with E-state index < -0.39 is 0 Å². The van der Waals surface area contributed by atoms with E-state index in [4.69, 9.17) is 0 Å². The monoisotopic (exact) mass is 170 g/mol. The van der Waals surface area contributed by atoms with Crippen molar-refractivity contribution in [3.05, 3.63) is 18.2 Å². The van der Waals surface area contributed by atoms with E-state index in [0.29, 0.717) is 5.75 Å². The largest absolute Gasteiger partial charge is 0.275 e. The number of thioether (sulfide) groups is 1. The quantitative estimate of drug-likeness (QED) is 0.668. The minimum Gasteiger partial charge on any atom is -0.275 e. The van der Waals surface area contributed by atoms with Crippen LogP contribution in [0.5, 0.6) is 0 Å². The first kappa shape index (κ1) is 8.33. The Hall–Kier alpha value is -0.770. The van der Waals surface area contributed by atoms with Crippen molar-refractivity contribution in [3.8, 4) is 0 Å². The molecule has 1 heterocycles. The van der Waals surface area contributed by atoms with Gasteiger partial charge in [-0.1, -0.05) is 0 Å². The average Bonchev–Trinajstić information content (AvgIpc) is 2.36. The van der Waals surface area contributed by atoms with Gasteiger partial charge in [0.25, 0.3) is 0 Å². The van der Waals surface area contributed by atoms with E-state index in [1.54, 1.807) is 12.5 Å². The lowest BCUT2D eigenvalue weighted by Gasteiger charge is -1.95. The maximum absolute atomic E-state index is 11.2. The second-order valence-corrected chi connectivity index (χ2v) is 3.12. The second kappa shape index (κ2) is 3.57. The smallest absolute Gasteiger partial charge is 0.241 e. The van der Waals surface area contributed by atoms with E-state index in [1.165, 1.54) is 16.3 Å². The van der Waals surface area contributed by atoms with Gasteiger partial charge in [0, 0.05) is 6.20 Å². The minimum atomic E-state index is 0.0816. The number of carbonyl (C=O) groups excluding carboxylic acids is 1. The van der Waals surface area contributed by atoms with Crippen molar-refractivity contribution in [3.63, 3.8) is 0 Å². The van der Waals surface area contributed by atoms with Gasteiger partial charge in [0.1, 0.15) is 6.33 Å². The highest BCUT2D eigenvalue weighted by atomic mass is 32.2. The lowest BCUT2D eigenvalue weighted by atomic mass is 10.5. The third-order valence-electron chi connectivity index (χ3n) is 1.27. The fraction of sp³-hybridized carbons (Fsp3) is 0.429. The average molecular weight is 170 g/mol. The summed E-state index contributed by atoms with van der Waals surface area (Å²) in [5, 5.41) is 0. The van der Waals surface area contributed by atoms with Gasteiger partial charge in [-0.05, 0) is 13.2 Å². The molecule has 0 fully saturated rings. The number of carbonyl (C=O) groups is 1. The molecule has 0 aliphatic heterocycles. The molecule has 1 aromatic heterocycles. The van der Waals surface area contributed by atoms with E-state index in [2.05, 4.69) is 4.98 Å². The van der Waals surface area contributed by atoms with Crippen molar-refractivity contribution >= 4 is 17.7 Å². The Balaban J connectivity index is 2.69. The molecule has 0 radical (unpaired) electrons. The van der Waals surface area contributed by atoms with Crippen molar-refractivity contribution in [2.75, 3.05) is 12.0 Å². The molecule has 1 rings (SSSR count). The van der Waals surface area contributed by atoms with Crippen LogP contribution < -0.4 is 0 Å². The molecular weight excluding hydrogens is 160 g/mol. The molecule has 0 bridgehead atoms. The Morgan fingerprint density at radius 1 is 1.82 bits per heavy atom. The van der Waals surface area contributed by atoms with Crippen LogP contribution in [0.3, 0.4) is 0 Å². The van der Waals surface area contributed by atoms with Crippen LogP contribution in [0.15, 0.2) is 12.5 Å². The highest BCUT2D eigenvalue weighted by Gasteiger charge is 2.02. The molecule has 0 atom stereocenters. The van der Waals surface area contributed by atoms with E-state index in [0.717, 1.165) is 5.69 Å². The number of imidazole rings is 1. The van der Waals surface area contributed by atoms with Crippen LogP contribution in [0.4, 0.5) is 0 Å². The first-order valence-electron chi connectivity index (χ1n) is 3.27. The Morgan fingerprint density at radius 3 is 3.00 bits per heavy atom. The summed E-state index contributed by atoms with van der Waals surface area (Å²) in [5.41, 5.74) is 0.874. The zero-order valence-electron chi connectivity index (χ0n) is 6.57. The Morgan fingerprint density at radius 2 is 2.55 bits per heavy atom. The number of aryl methyl sites for hydroxylation is 1. The summed E-state index contributed by atoms with van der Waals surface area (Å²) < 4.78 is 1.52. The molecule has 0 amide bonds. The van der Waals surface area contributed by atoms with Crippen LogP contribution in [0.25, 0.3) is 0 Å². The first-order valence-corrected chi connectivity index (χ1v) is 4.66. The molecule has 0 unspecified atom stereocenters. The van der Waals surface area contributed by atoms with Crippen molar-refractivity contribution in [1.82, 2.24) is 9.55 Å². The summed E-state index contributed by atoms with van der Waals surface area (Å²) in [6, 6.07) is 0. The minimum absolute atomic E-state index is 0.0816. The summed E-state index contributed by atoms with van der Waals surface area (Å²) in [7, 11) is 0. The van der Waals surface area contributed by atoms with Crippen LogP contribution in [0, 0.1) is 6.92 Å². The van der Waals surface area contributed by atoms with Gasteiger partial charge >= 0.3 is 0 Å². The molecule has 3 nitrogen and oxygen atoms in total. The molecule has 0 saturated carbocycles. The van der Waals surface area contributed by atoms with Gasteiger partial charge in [-0.2, -0.15) is 11.8 Å². The summed E-state index contributed by atoms with van der Waals surface area (Å²) in [5.74, 6) is 0.591. The molecule has 0 aliphatic carbocycles. The number of hydrogen-bond acceptors (Lipinski definition) is 3. The van der Waals surface area contributed by atoms with Gasteiger partial charge < -0.3 is 0 Å². The van der Waals surface area contributed by atoms with Gasteiger partial charge in [0.15, 0.2) is 0 Å². The molecule has 4 heteroatoms. The fourth-order valence-electron chi connectivity index (χ4n) is 0.756. The van der Waals surface area contributed by atoms with Gasteiger partial charge in [-0.3, -0.25) is 9.36 Å². The number of nitrogens with zero attached hydrogens (tertiary/aromatic N) is 2. The molecular formula is C7H10N2OS. The van der Waals surface area contributed by atoms with Crippen molar-refractivity contribution < 1.29 is 4.79 Å². The summed E-state index contributed by atoms with van der Waals surface area (Å²) in [6.07, 6.45) is 5.19. The fourth-order valence-corrected chi connectivity index (χ4v) is 1.15. The van der Waals surface area contributed by atoms with Crippen molar-refractivity contribution in [2.45, 2.75) is 6.92 Å². The standard InChI is InChI=1S/C7H10N2OS/c1-6-3-9(5-8-6)7(10)4-11-2/h3,5H,4H2,1-2H3. The van der Waals surface area contributed by atoms with Gasteiger partial charge in [-0.25, -0.2) is 4.98 Å². The Kier molecular flexibility index (Phi) is 2.70. The summed E-state index contributed by atoms with van der Waals surface area (Å²) in [4.78, 5) is 15.1. The number of aromatic nitrogens is 2. The maximum atomic E-state index is 11.2. The molecule has 0 spiro atoms. The van der Waals surface area contributed by atoms with E-state index >= 15 is 0 Å². The Bertz CT molecular complexity index is 257. The second-order valence-electron chi connectivity index (χ2n) is 2.25. The van der Waals surface area contributed by atoms with E-state index in [-0.39, 0.29) is 5.91 Å². The van der Waals surface area contributed by atoms with Gasteiger partial charge in [0.05, 0.1) is 11.4 Å². The predicted molar refractivity (Wildman–Crippen MR) is 46.0 cm³/mol. The molecule has 11 heavy (non-hydrogen) atoms. The number of hydrogen-bond donors (Lipinski definition) is 0. The van der Waals surface area contributed by atoms with Crippen LogP contribution >= 0.6 is 11.8 Å². The zero-order chi connectivity index (χ0) is 8.27. The molecule has 0 N–H and O–H groups in total. The van der Waals surface area contributed by atoms with E-state index in [1.807, 2.05) is 13.2 Å². The lowest BCUT2D eigenvalue weighted by Crippen LogP contribution is -2.10. The SMILES string of the molecule is CSCC(=O)n1cnc(C)c1. The molecule has 1 aromatic rings. The molecule has 0 aromatic carbocycles. The first-order chi connectivity index (χ1) is 5.24. The third kappa shape index (κ3) is 2.08. The normalized spacial score (nSPS) is 10.0. The predicted octanol–water partition coefficient (Wildman–Crippen LogP) is 1.19.